The van der Waals surface area contributed by atoms with E-state index in [0.717, 1.165) is 5.56 Å². The van der Waals surface area contributed by atoms with Crippen molar-refractivity contribution in [3.63, 3.8) is 0 Å². The van der Waals surface area contributed by atoms with E-state index < -0.39 is 17.6 Å². The molecule has 0 aliphatic rings. The third kappa shape index (κ3) is 3.94. The summed E-state index contributed by atoms with van der Waals surface area (Å²) < 4.78 is 24.9. The van der Waals surface area contributed by atoms with Crippen molar-refractivity contribution < 1.29 is 23.5 Å². The summed E-state index contributed by atoms with van der Waals surface area (Å²) in [7, 11) is 0. The van der Waals surface area contributed by atoms with Gasteiger partial charge in [0, 0.05) is 5.56 Å². The first-order valence-electron chi connectivity index (χ1n) is 7.21. The van der Waals surface area contributed by atoms with E-state index in [4.69, 9.17) is 9.47 Å². The molecule has 0 aromatic heterocycles. The average molecular weight is 316 g/mol. The number of hydrogen-bond acceptors (Lipinski definition) is 4. The van der Waals surface area contributed by atoms with Crippen LogP contribution in [-0.4, -0.2) is 18.4 Å². The van der Waals surface area contributed by atoms with E-state index in [9.17, 15) is 14.0 Å². The second kappa shape index (κ2) is 7.54. The maximum absolute atomic E-state index is 14.6. The van der Waals surface area contributed by atoms with Crippen molar-refractivity contribution in [1.82, 2.24) is 0 Å². The topological polar surface area (TPSA) is 52.6 Å². The zero-order chi connectivity index (χ0) is 16.8. The van der Waals surface area contributed by atoms with E-state index >= 15 is 0 Å². The van der Waals surface area contributed by atoms with Crippen molar-refractivity contribution in [3.8, 4) is 5.75 Å². The van der Waals surface area contributed by atoms with Gasteiger partial charge in [-0.3, -0.25) is 4.79 Å². The number of carbonyl (C=O) groups is 2. The summed E-state index contributed by atoms with van der Waals surface area (Å²) in [5, 5.41) is 0. The highest BCUT2D eigenvalue weighted by molar-refractivity contribution is 6.05. The third-order valence-corrected chi connectivity index (χ3v) is 3.20. The van der Waals surface area contributed by atoms with E-state index in [-0.39, 0.29) is 30.1 Å². The SMILES string of the molecule is CCOC(=O)c1c(C(C)=O)ccc(OCc2ccccc2)c1F. The van der Waals surface area contributed by atoms with Crippen LogP contribution in [0.1, 0.15) is 40.1 Å². The molecular weight excluding hydrogens is 299 g/mol. The molecule has 5 heteroatoms. The Labute approximate surface area is 133 Å². The fourth-order valence-corrected chi connectivity index (χ4v) is 2.10. The predicted octanol–water partition coefficient (Wildman–Crippen LogP) is 3.78. The Bertz CT molecular complexity index is 710. The van der Waals surface area contributed by atoms with E-state index in [0.29, 0.717) is 0 Å². The van der Waals surface area contributed by atoms with Crippen molar-refractivity contribution in [1.29, 1.82) is 0 Å². The fourth-order valence-electron chi connectivity index (χ4n) is 2.10. The summed E-state index contributed by atoms with van der Waals surface area (Å²) in [5.41, 5.74) is 0.457. The van der Waals surface area contributed by atoms with Crippen molar-refractivity contribution >= 4 is 11.8 Å². The molecule has 0 saturated heterocycles. The number of halogens is 1. The minimum absolute atomic E-state index is 0.0204. The Kier molecular flexibility index (Phi) is 5.46. The van der Waals surface area contributed by atoms with Crippen molar-refractivity contribution in [2.24, 2.45) is 0 Å². The minimum Gasteiger partial charge on any atom is -0.486 e. The van der Waals surface area contributed by atoms with Gasteiger partial charge in [-0.1, -0.05) is 30.3 Å². The molecule has 2 aromatic carbocycles. The summed E-state index contributed by atoms with van der Waals surface area (Å²) in [5.74, 6) is -2.27. The highest BCUT2D eigenvalue weighted by Crippen LogP contribution is 2.26. The Hall–Kier alpha value is -2.69. The molecule has 120 valence electrons. The zero-order valence-electron chi connectivity index (χ0n) is 13.0. The van der Waals surface area contributed by atoms with Gasteiger partial charge in [0.15, 0.2) is 17.3 Å². The van der Waals surface area contributed by atoms with Crippen LogP contribution in [0.5, 0.6) is 5.75 Å². The molecule has 0 aliphatic carbocycles. The average Bonchev–Trinajstić information content (AvgIpc) is 2.54. The highest BCUT2D eigenvalue weighted by atomic mass is 19.1. The van der Waals surface area contributed by atoms with Crippen molar-refractivity contribution in [2.45, 2.75) is 20.5 Å². The number of carbonyl (C=O) groups excluding carboxylic acids is 2. The predicted molar refractivity (Wildman–Crippen MR) is 83.1 cm³/mol. The monoisotopic (exact) mass is 316 g/mol. The van der Waals surface area contributed by atoms with Gasteiger partial charge in [0.25, 0.3) is 0 Å². The van der Waals surface area contributed by atoms with Crippen LogP contribution in [0.4, 0.5) is 4.39 Å². The molecule has 0 N–H and O–H groups in total. The summed E-state index contributed by atoms with van der Waals surface area (Å²) in [4.78, 5) is 23.5. The van der Waals surface area contributed by atoms with Gasteiger partial charge in [0.2, 0.25) is 0 Å². The van der Waals surface area contributed by atoms with Gasteiger partial charge < -0.3 is 9.47 Å². The number of rotatable bonds is 6. The molecular formula is C18H17FO4. The Balaban J connectivity index is 2.32. The fraction of sp³-hybridized carbons (Fsp3) is 0.222. The van der Waals surface area contributed by atoms with E-state index in [1.165, 1.54) is 19.1 Å². The van der Waals surface area contributed by atoms with Crippen LogP contribution in [-0.2, 0) is 11.3 Å². The number of hydrogen-bond donors (Lipinski definition) is 0. The number of esters is 1. The molecule has 2 aromatic rings. The molecule has 0 bridgehead atoms. The molecule has 23 heavy (non-hydrogen) atoms. The molecule has 0 aliphatic heterocycles. The molecule has 0 fully saturated rings. The Morgan fingerprint density at radius 1 is 1.09 bits per heavy atom. The molecule has 0 saturated carbocycles. The summed E-state index contributed by atoms with van der Waals surface area (Å²) in [6.45, 7) is 3.12. The Morgan fingerprint density at radius 2 is 1.78 bits per heavy atom. The highest BCUT2D eigenvalue weighted by Gasteiger charge is 2.24. The maximum Gasteiger partial charge on any atom is 0.342 e. The Morgan fingerprint density at radius 3 is 2.39 bits per heavy atom. The molecule has 0 atom stereocenters. The van der Waals surface area contributed by atoms with E-state index in [1.807, 2.05) is 30.3 Å². The first kappa shape index (κ1) is 16.7. The van der Waals surface area contributed by atoms with E-state index in [2.05, 4.69) is 0 Å². The second-order valence-corrected chi connectivity index (χ2v) is 4.85. The minimum atomic E-state index is -0.882. The van der Waals surface area contributed by atoms with Crippen LogP contribution in [0.2, 0.25) is 0 Å². The normalized spacial score (nSPS) is 10.2. The smallest absolute Gasteiger partial charge is 0.342 e. The quantitative estimate of drug-likeness (QED) is 0.601. The van der Waals surface area contributed by atoms with Crippen molar-refractivity contribution in [3.05, 3.63) is 65.0 Å². The second-order valence-electron chi connectivity index (χ2n) is 4.85. The molecule has 4 nitrogen and oxygen atoms in total. The molecule has 0 amide bonds. The first-order valence-corrected chi connectivity index (χ1v) is 7.21. The molecule has 2 rings (SSSR count). The van der Waals surface area contributed by atoms with Crippen LogP contribution in [0.15, 0.2) is 42.5 Å². The number of ether oxygens (including phenoxy) is 2. The lowest BCUT2D eigenvalue weighted by molar-refractivity contribution is 0.0516. The lowest BCUT2D eigenvalue weighted by atomic mass is 10.0. The first-order chi connectivity index (χ1) is 11.0. The standard InChI is InChI=1S/C18H17FO4/c1-3-22-18(21)16-14(12(2)20)9-10-15(17(16)19)23-11-13-7-5-4-6-8-13/h4-10H,3,11H2,1-2H3. The molecule has 0 spiro atoms. The third-order valence-electron chi connectivity index (χ3n) is 3.20. The molecule has 0 radical (unpaired) electrons. The van der Waals surface area contributed by atoms with Gasteiger partial charge in [-0.05, 0) is 31.5 Å². The van der Waals surface area contributed by atoms with Crippen LogP contribution in [0.25, 0.3) is 0 Å². The van der Waals surface area contributed by atoms with Crippen LogP contribution in [0, 0.1) is 5.82 Å². The van der Waals surface area contributed by atoms with Gasteiger partial charge in [-0.2, -0.15) is 0 Å². The van der Waals surface area contributed by atoms with Crippen LogP contribution in [0.3, 0.4) is 0 Å². The number of Topliss-reactive ketones (excluding diaryl/α,β-unsaturated/α-hetero) is 1. The van der Waals surface area contributed by atoms with Crippen LogP contribution < -0.4 is 4.74 Å². The molecule has 0 unspecified atom stereocenters. The summed E-state index contributed by atoms with van der Waals surface area (Å²) in [6.07, 6.45) is 0. The summed E-state index contributed by atoms with van der Waals surface area (Å²) >= 11 is 0. The number of ketones is 1. The summed E-state index contributed by atoms with van der Waals surface area (Å²) in [6, 6.07) is 12.0. The number of benzene rings is 2. The lowest BCUT2D eigenvalue weighted by Gasteiger charge is -2.12. The van der Waals surface area contributed by atoms with Gasteiger partial charge in [0.05, 0.1) is 6.61 Å². The van der Waals surface area contributed by atoms with Crippen molar-refractivity contribution in [2.75, 3.05) is 6.61 Å². The van der Waals surface area contributed by atoms with E-state index in [1.54, 1.807) is 6.92 Å². The largest absolute Gasteiger partial charge is 0.486 e. The van der Waals surface area contributed by atoms with Gasteiger partial charge >= 0.3 is 5.97 Å². The van der Waals surface area contributed by atoms with Gasteiger partial charge in [-0.25, -0.2) is 9.18 Å². The van der Waals surface area contributed by atoms with Gasteiger partial charge in [-0.15, -0.1) is 0 Å². The van der Waals surface area contributed by atoms with Crippen LogP contribution >= 0.6 is 0 Å². The molecule has 0 heterocycles. The lowest BCUT2D eigenvalue weighted by Crippen LogP contribution is -2.14. The maximum atomic E-state index is 14.6. The van der Waals surface area contributed by atoms with Gasteiger partial charge in [0.1, 0.15) is 12.2 Å². The zero-order valence-corrected chi connectivity index (χ0v) is 13.0.